The minimum absolute atomic E-state index is 0.0755. The van der Waals surface area contributed by atoms with Gasteiger partial charge in [-0.15, -0.1) is 0 Å². The molecule has 0 bridgehead atoms. The Morgan fingerprint density at radius 2 is 1.59 bits per heavy atom. The average Bonchev–Trinajstić information content (AvgIpc) is 3.06. The third kappa shape index (κ3) is 6.26. The van der Waals surface area contributed by atoms with E-state index in [0.717, 1.165) is 19.3 Å². The molecule has 3 unspecified atom stereocenters. The standard InChI is InChI=1S/C27H45N5O5/c1-25(2,3)20(30-24(37)31-26(4,5)6)23(36)32-13-15-17(27(15,7)8)18(32)22(35)29-16(19(33)21(28)34)12-14-10-9-11-14/h14-18,20H,9-13H2,1-8H3,(H2,28,34)(H,29,35)(H2,30,31,37)/t15?,16?,17?,18-,20-/m0/s1. The maximum Gasteiger partial charge on any atom is 0.315 e. The van der Waals surface area contributed by atoms with Gasteiger partial charge in [0.05, 0.1) is 6.04 Å². The molecule has 1 heterocycles. The Labute approximate surface area is 220 Å². The summed E-state index contributed by atoms with van der Waals surface area (Å²) in [6.07, 6.45) is 3.31. The minimum Gasteiger partial charge on any atom is -0.363 e. The van der Waals surface area contributed by atoms with Crippen LogP contribution in [0.3, 0.4) is 0 Å². The summed E-state index contributed by atoms with van der Waals surface area (Å²) >= 11 is 0. The Kier molecular flexibility index (Phi) is 7.74. The summed E-state index contributed by atoms with van der Waals surface area (Å²) in [5.74, 6) is -2.35. The number of rotatable bonds is 8. The molecule has 37 heavy (non-hydrogen) atoms. The minimum atomic E-state index is -1.07. The van der Waals surface area contributed by atoms with E-state index in [9.17, 15) is 24.0 Å². The average molecular weight is 520 g/mol. The molecule has 10 heteroatoms. The van der Waals surface area contributed by atoms with Crippen molar-refractivity contribution in [2.75, 3.05) is 6.54 Å². The number of amides is 5. The lowest BCUT2D eigenvalue weighted by atomic mass is 9.80. The van der Waals surface area contributed by atoms with E-state index in [-0.39, 0.29) is 29.1 Å². The molecule has 5 N–H and O–H groups in total. The first-order valence-electron chi connectivity index (χ1n) is 13.4. The summed E-state index contributed by atoms with van der Waals surface area (Å²) in [5, 5.41) is 8.44. The molecule has 5 amide bonds. The number of fused-ring (bicyclic) bond motifs is 1. The van der Waals surface area contributed by atoms with Gasteiger partial charge in [0.15, 0.2) is 0 Å². The van der Waals surface area contributed by atoms with Crippen molar-refractivity contribution in [2.45, 2.75) is 105 Å². The molecule has 0 aromatic rings. The number of hydrogen-bond donors (Lipinski definition) is 4. The number of primary amides is 1. The van der Waals surface area contributed by atoms with Gasteiger partial charge in [0.25, 0.3) is 5.91 Å². The van der Waals surface area contributed by atoms with Gasteiger partial charge in [-0.3, -0.25) is 19.2 Å². The number of nitrogens with zero attached hydrogens (tertiary/aromatic N) is 1. The van der Waals surface area contributed by atoms with E-state index < -0.39 is 52.7 Å². The number of carbonyl (C=O) groups is 5. The van der Waals surface area contributed by atoms with E-state index >= 15 is 0 Å². The highest BCUT2D eigenvalue weighted by Gasteiger charge is 2.70. The van der Waals surface area contributed by atoms with Crippen LogP contribution in [0, 0.1) is 28.6 Å². The second-order valence-electron chi connectivity index (χ2n) is 13.9. The van der Waals surface area contributed by atoms with Crippen LogP contribution in [0.5, 0.6) is 0 Å². The molecular weight excluding hydrogens is 474 g/mol. The maximum atomic E-state index is 13.9. The van der Waals surface area contributed by atoms with Crippen LogP contribution in [0.25, 0.3) is 0 Å². The third-order valence-electron chi connectivity index (χ3n) is 8.31. The molecule has 10 nitrogen and oxygen atoms in total. The fourth-order valence-corrected chi connectivity index (χ4v) is 5.86. The second kappa shape index (κ2) is 9.91. The first-order valence-corrected chi connectivity index (χ1v) is 13.4. The fraction of sp³-hybridized carbons (Fsp3) is 0.815. The van der Waals surface area contributed by atoms with Crippen molar-refractivity contribution >= 4 is 29.5 Å². The largest absolute Gasteiger partial charge is 0.363 e. The molecule has 0 aromatic heterocycles. The maximum absolute atomic E-state index is 13.9. The lowest BCUT2D eigenvalue weighted by Crippen LogP contribution is -2.62. The molecule has 1 aliphatic heterocycles. The van der Waals surface area contributed by atoms with Crippen molar-refractivity contribution in [3.05, 3.63) is 0 Å². The number of nitrogens with two attached hydrogens (primary N) is 1. The first-order chi connectivity index (χ1) is 16.8. The van der Waals surface area contributed by atoms with Crippen LogP contribution in [-0.2, 0) is 19.2 Å². The van der Waals surface area contributed by atoms with Gasteiger partial charge in [-0.05, 0) is 55.8 Å². The fourth-order valence-electron chi connectivity index (χ4n) is 5.86. The van der Waals surface area contributed by atoms with Crippen molar-refractivity contribution < 1.29 is 24.0 Å². The summed E-state index contributed by atoms with van der Waals surface area (Å²) in [4.78, 5) is 66.1. The first kappa shape index (κ1) is 28.9. The number of piperidine rings is 1. The summed E-state index contributed by atoms with van der Waals surface area (Å²) in [6, 6.07) is -3.13. The van der Waals surface area contributed by atoms with Crippen LogP contribution < -0.4 is 21.7 Å². The number of carbonyl (C=O) groups excluding carboxylic acids is 5. The smallest absolute Gasteiger partial charge is 0.315 e. The Bertz CT molecular complexity index is 959. The summed E-state index contributed by atoms with van der Waals surface area (Å²) in [7, 11) is 0. The molecule has 0 aromatic carbocycles. The van der Waals surface area contributed by atoms with E-state index in [1.165, 1.54) is 0 Å². The number of urea groups is 1. The van der Waals surface area contributed by atoms with Gasteiger partial charge < -0.3 is 26.6 Å². The second-order valence-corrected chi connectivity index (χ2v) is 13.9. The lowest BCUT2D eigenvalue weighted by molar-refractivity contribution is -0.145. The summed E-state index contributed by atoms with van der Waals surface area (Å²) < 4.78 is 0. The number of hydrogen-bond acceptors (Lipinski definition) is 5. The number of Topliss-reactive ketones (excluding diaryl/α,β-unsaturated/α-hetero) is 1. The molecular formula is C27H45N5O5. The quantitative estimate of drug-likeness (QED) is 0.360. The summed E-state index contributed by atoms with van der Waals surface area (Å²) in [6.45, 7) is 15.7. The molecule has 208 valence electrons. The van der Waals surface area contributed by atoms with E-state index in [0.29, 0.717) is 13.0 Å². The van der Waals surface area contributed by atoms with Gasteiger partial charge in [-0.1, -0.05) is 53.9 Å². The molecule has 3 rings (SSSR count). The van der Waals surface area contributed by atoms with Crippen molar-refractivity contribution in [2.24, 2.45) is 34.3 Å². The van der Waals surface area contributed by atoms with Crippen LogP contribution in [0.15, 0.2) is 0 Å². The Morgan fingerprint density at radius 1 is 1.00 bits per heavy atom. The molecule has 0 spiro atoms. The Hall–Kier alpha value is -2.65. The number of likely N-dealkylation sites (tertiary alicyclic amines) is 1. The van der Waals surface area contributed by atoms with E-state index in [2.05, 4.69) is 29.8 Å². The van der Waals surface area contributed by atoms with Crippen molar-refractivity contribution in [3.8, 4) is 0 Å². The molecule has 0 radical (unpaired) electrons. The van der Waals surface area contributed by atoms with Gasteiger partial charge in [-0.25, -0.2) is 4.79 Å². The monoisotopic (exact) mass is 519 g/mol. The normalized spacial score (nSPS) is 26.3. The highest BCUT2D eigenvalue weighted by molar-refractivity contribution is 6.37. The topological polar surface area (TPSA) is 151 Å². The molecule has 5 atom stereocenters. The predicted molar refractivity (Wildman–Crippen MR) is 139 cm³/mol. The zero-order chi connectivity index (χ0) is 28.1. The van der Waals surface area contributed by atoms with Crippen molar-refractivity contribution in [1.82, 2.24) is 20.9 Å². The van der Waals surface area contributed by atoms with Gasteiger partial charge in [0.1, 0.15) is 12.1 Å². The van der Waals surface area contributed by atoms with Gasteiger partial charge >= 0.3 is 6.03 Å². The molecule has 1 saturated heterocycles. The Morgan fingerprint density at radius 3 is 2.05 bits per heavy atom. The van der Waals surface area contributed by atoms with Crippen molar-refractivity contribution in [3.63, 3.8) is 0 Å². The van der Waals surface area contributed by atoms with E-state index in [1.807, 2.05) is 41.5 Å². The van der Waals surface area contributed by atoms with Crippen LogP contribution >= 0.6 is 0 Å². The van der Waals surface area contributed by atoms with Crippen LogP contribution in [-0.4, -0.2) is 64.6 Å². The van der Waals surface area contributed by atoms with E-state index in [4.69, 9.17) is 5.73 Å². The third-order valence-corrected chi connectivity index (χ3v) is 8.31. The van der Waals surface area contributed by atoms with Gasteiger partial charge in [0, 0.05) is 12.1 Å². The van der Waals surface area contributed by atoms with Crippen LogP contribution in [0.1, 0.15) is 81.1 Å². The van der Waals surface area contributed by atoms with E-state index in [1.54, 1.807) is 4.90 Å². The SMILES string of the molecule is CC(C)(C)NC(=O)N[C@@H](C(=O)N1CC2C([C@H]1C(=O)NC(CC1CCC1)C(=O)C(N)=O)C2(C)C)C(C)(C)C. The van der Waals surface area contributed by atoms with Gasteiger partial charge in [0.2, 0.25) is 17.6 Å². The summed E-state index contributed by atoms with van der Waals surface area (Å²) in [5.41, 5.74) is 4.04. The molecule has 3 aliphatic rings. The molecule has 2 aliphatic carbocycles. The predicted octanol–water partition coefficient (Wildman–Crippen LogP) is 1.71. The van der Waals surface area contributed by atoms with Crippen molar-refractivity contribution in [1.29, 1.82) is 0 Å². The highest BCUT2D eigenvalue weighted by Crippen LogP contribution is 2.65. The lowest BCUT2D eigenvalue weighted by Gasteiger charge is -2.38. The zero-order valence-corrected chi connectivity index (χ0v) is 23.6. The van der Waals surface area contributed by atoms with Crippen LogP contribution in [0.2, 0.25) is 0 Å². The molecule has 2 saturated carbocycles. The molecule has 3 fully saturated rings. The highest BCUT2D eigenvalue weighted by atomic mass is 16.2. The zero-order valence-electron chi connectivity index (χ0n) is 23.6. The number of ketones is 1. The Balaban J connectivity index is 1.83. The number of nitrogens with one attached hydrogen (secondary N) is 3. The van der Waals surface area contributed by atoms with Gasteiger partial charge in [-0.2, -0.15) is 0 Å². The van der Waals surface area contributed by atoms with Crippen LogP contribution in [0.4, 0.5) is 4.79 Å².